The van der Waals surface area contributed by atoms with Crippen molar-refractivity contribution in [1.82, 2.24) is 10.2 Å². The monoisotopic (exact) mass is 394 g/mol. The van der Waals surface area contributed by atoms with Crippen LogP contribution in [0.5, 0.6) is 0 Å². The van der Waals surface area contributed by atoms with E-state index in [-0.39, 0.29) is 6.04 Å². The van der Waals surface area contributed by atoms with Crippen molar-refractivity contribution in [3.8, 4) is 0 Å². The van der Waals surface area contributed by atoms with Gasteiger partial charge in [-0.1, -0.05) is 24.3 Å². The number of nitrogens with one attached hydrogen (secondary N) is 2. The standard InChI is InChI=1S/C23H30N4O2/c1-15-6-7-16(2)19(12-15)25-23(29)22(28)24-14-21(26(3)4)17-8-9-20-18(13-17)10-11-27(20)5/h6-9,12-13,21H,10-11,14H2,1-5H3,(H,24,28)(H,25,29)/t21-/m1/s1. The lowest BCUT2D eigenvalue weighted by molar-refractivity contribution is -0.136. The van der Waals surface area contributed by atoms with Gasteiger partial charge in [0.25, 0.3) is 0 Å². The zero-order valence-electron chi connectivity index (χ0n) is 17.9. The highest BCUT2D eigenvalue weighted by Crippen LogP contribution is 2.30. The summed E-state index contributed by atoms with van der Waals surface area (Å²) in [4.78, 5) is 29.0. The van der Waals surface area contributed by atoms with E-state index >= 15 is 0 Å². The van der Waals surface area contributed by atoms with Gasteiger partial charge in [-0.15, -0.1) is 0 Å². The number of nitrogens with zero attached hydrogens (tertiary/aromatic N) is 2. The number of carbonyl (C=O) groups is 2. The van der Waals surface area contributed by atoms with Gasteiger partial charge in [-0.25, -0.2) is 0 Å². The maximum atomic E-state index is 12.4. The molecule has 3 rings (SSSR count). The molecule has 0 fully saturated rings. The number of hydrogen-bond donors (Lipinski definition) is 2. The molecule has 1 heterocycles. The molecule has 0 saturated carbocycles. The van der Waals surface area contributed by atoms with Gasteiger partial charge < -0.3 is 20.4 Å². The average Bonchev–Trinajstić information content (AvgIpc) is 3.05. The molecule has 0 unspecified atom stereocenters. The van der Waals surface area contributed by atoms with Crippen molar-refractivity contribution in [2.45, 2.75) is 26.3 Å². The Labute approximate surface area is 172 Å². The third-order valence-corrected chi connectivity index (χ3v) is 5.54. The summed E-state index contributed by atoms with van der Waals surface area (Å²) in [5, 5.41) is 5.50. The Kier molecular flexibility index (Phi) is 6.23. The number of likely N-dealkylation sites (N-methyl/N-ethyl adjacent to an activating group) is 2. The Morgan fingerprint density at radius 1 is 1.10 bits per heavy atom. The fraction of sp³-hybridized carbons (Fsp3) is 0.391. The lowest BCUT2D eigenvalue weighted by Crippen LogP contribution is -2.40. The van der Waals surface area contributed by atoms with Gasteiger partial charge in [0.1, 0.15) is 0 Å². The van der Waals surface area contributed by atoms with Gasteiger partial charge in [0.2, 0.25) is 0 Å². The number of amides is 2. The van der Waals surface area contributed by atoms with Crippen molar-refractivity contribution < 1.29 is 9.59 Å². The lowest BCUT2D eigenvalue weighted by Gasteiger charge is -2.26. The molecule has 6 nitrogen and oxygen atoms in total. The minimum Gasteiger partial charge on any atom is -0.374 e. The van der Waals surface area contributed by atoms with Gasteiger partial charge in [-0.3, -0.25) is 9.59 Å². The largest absolute Gasteiger partial charge is 0.374 e. The Bertz CT molecular complexity index is 923. The van der Waals surface area contributed by atoms with Gasteiger partial charge >= 0.3 is 11.8 Å². The summed E-state index contributed by atoms with van der Waals surface area (Å²) in [6, 6.07) is 12.2. The van der Waals surface area contributed by atoms with Crippen LogP contribution in [0.1, 0.15) is 28.3 Å². The molecule has 6 heteroatoms. The molecule has 2 amide bonds. The van der Waals surface area contributed by atoms with E-state index in [2.05, 4.69) is 45.7 Å². The van der Waals surface area contributed by atoms with E-state index in [4.69, 9.17) is 0 Å². The summed E-state index contributed by atoms with van der Waals surface area (Å²) in [7, 11) is 6.06. The summed E-state index contributed by atoms with van der Waals surface area (Å²) in [6.45, 7) is 5.24. The first-order valence-electron chi connectivity index (χ1n) is 9.93. The Morgan fingerprint density at radius 3 is 2.59 bits per heavy atom. The molecule has 1 atom stereocenters. The number of benzene rings is 2. The molecule has 154 valence electrons. The van der Waals surface area contributed by atoms with E-state index < -0.39 is 11.8 Å². The van der Waals surface area contributed by atoms with E-state index in [1.807, 2.05) is 46.1 Å². The van der Waals surface area contributed by atoms with Gasteiger partial charge in [0.15, 0.2) is 0 Å². The zero-order chi connectivity index (χ0) is 21.1. The maximum Gasteiger partial charge on any atom is 0.313 e. The van der Waals surface area contributed by atoms with Gasteiger partial charge in [0.05, 0.1) is 6.04 Å². The Hall–Kier alpha value is -2.86. The number of hydrogen-bond acceptors (Lipinski definition) is 4. The Balaban J connectivity index is 1.65. The quantitative estimate of drug-likeness (QED) is 0.766. The van der Waals surface area contributed by atoms with Crippen LogP contribution in [0.15, 0.2) is 36.4 Å². The van der Waals surface area contributed by atoms with Crippen molar-refractivity contribution in [3.63, 3.8) is 0 Å². The maximum absolute atomic E-state index is 12.4. The summed E-state index contributed by atoms with van der Waals surface area (Å²) in [6.07, 6.45) is 1.03. The van der Waals surface area contributed by atoms with Gasteiger partial charge in [-0.05, 0) is 68.8 Å². The van der Waals surface area contributed by atoms with E-state index in [1.165, 1.54) is 11.3 Å². The molecule has 2 aromatic rings. The highest BCUT2D eigenvalue weighted by Gasteiger charge is 2.22. The third-order valence-electron chi connectivity index (χ3n) is 5.54. The molecule has 0 bridgehead atoms. The van der Waals surface area contributed by atoms with Crippen molar-refractivity contribution in [2.24, 2.45) is 0 Å². The first kappa shape index (κ1) is 20.9. The average molecular weight is 395 g/mol. The van der Waals surface area contributed by atoms with Crippen LogP contribution in [0.25, 0.3) is 0 Å². The number of carbonyl (C=O) groups excluding carboxylic acids is 2. The molecule has 2 N–H and O–H groups in total. The lowest BCUT2D eigenvalue weighted by atomic mass is 10.0. The van der Waals surface area contributed by atoms with E-state index in [0.717, 1.165) is 29.7 Å². The van der Waals surface area contributed by atoms with Crippen molar-refractivity contribution >= 4 is 23.2 Å². The number of rotatable bonds is 5. The molecule has 0 aliphatic carbocycles. The zero-order valence-corrected chi connectivity index (χ0v) is 17.9. The van der Waals surface area contributed by atoms with Crippen LogP contribution in [0.4, 0.5) is 11.4 Å². The molecule has 2 aromatic carbocycles. The number of fused-ring (bicyclic) bond motifs is 1. The predicted octanol–water partition coefficient (Wildman–Crippen LogP) is 2.65. The molecule has 29 heavy (non-hydrogen) atoms. The van der Waals surface area contributed by atoms with E-state index in [9.17, 15) is 9.59 Å². The fourth-order valence-electron chi connectivity index (χ4n) is 3.71. The van der Waals surface area contributed by atoms with Crippen LogP contribution in [0, 0.1) is 13.8 Å². The molecule has 0 radical (unpaired) electrons. The first-order chi connectivity index (χ1) is 13.8. The highest BCUT2D eigenvalue weighted by atomic mass is 16.2. The minimum absolute atomic E-state index is 0.0105. The third kappa shape index (κ3) is 4.77. The molecular formula is C23H30N4O2. The van der Waals surface area contributed by atoms with Crippen LogP contribution in [0.3, 0.4) is 0 Å². The molecule has 1 aliphatic rings. The van der Waals surface area contributed by atoms with Crippen LogP contribution in [-0.4, -0.2) is 50.9 Å². The molecule has 0 saturated heterocycles. The summed E-state index contributed by atoms with van der Waals surface area (Å²) < 4.78 is 0. The normalized spacial score (nSPS) is 13.9. The van der Waals surface area contributed by atoms with Crippen LogP contribution in [-0.2, 0) is 16.0 Å². The highest BCUT2D eigenvalue weighted by molar-refractivity contribution is 6.39. The molecule has 0 aromatic heterocycles. The van der Waals surface area contributed by atoms with Crippen LogP contribution < -0.4 is 15.5 Å². The molecule has 0 spiro atoms. The van der Waals surface area contributed by atoms with Crippen LogP contribution in [0.2, 0.25) is 0 Å². The van der Waals surface area contributed by atoms with E-state index in [0.29, 0.717) is 12.2 Å². The summed E-state index contributed by atoms with van der Waals surface area (Å²) in [5.74, 6) is -1.27. The fourth-order valence-corrected chi connectivity index (χ4v) is 3.71. The summed E-state index contributed by atoms with van der Waals surface area (Å²) in [5.41, 5.74) is 6.35. The number of anilines is 2. The second kappa shape index (κ2) is 8.66. The second-order valence-corrected chi connectivity index (χ2v) is 8.02. The van der Waals surface area contributed by atoms with Gasteiger partial charge in [0, 0.05) is 31.5 Å². The second-order valence-electron chi connectivity index (χ2n) is 8.02. The van der Waals surface area contributed by atoms with Crippen molar-refractivity contribution in [1.29, 1.82) is 0 Å². The summed E-state index contributed by atoms with van der Waals surface area (Å²) >= 11 is 0. The molecule has 1 aliphatic heterocycles. The molecular weight excluding hydrogens is 364 g/mol. The van der Waals surface area contributed by atoms with Crippen molar-refractivity contribution in [3.05, 3.63) is 58.7 Å². The predicted molar refractivity (Wildman–Crippen MR) is 117 cm³/mol. The van der Waals surface area contributed by atoms with Crippen molar-refractivity contribution in [2.75, 3.05) is 44.4 Å². The Morgan fingerprint density at radius 2 is 1.86 bits per heavy atom. The SMILES string of the molecule is Cc1ccc(C)c(NC(=O)C(=O)NC[C@H](c2ccc3c(c2)CCN3C)N(C)C)c1. The topological polar surface area (TPSA) is 64.7 Å². The number of aryl methyl sites for hydroxylation is 2. The van der Waals surface area contributed by atoms with Crippen LogP contribution >= 0.6 is 0 Å². The first-order valence-corrected chi connectivity index (χ1v) is 9.93. The van der Waals surface area contributed by atoms with Gasteiger partial charge in [-0.2, -0.15) is 0 Å². The smallest absolute Gasteiger partial charge is 0.313 e. The minimum atomic E-state index is -0.646. The van der Waals surface area contributed by atoms with E-state index in [1.54, 1.807) is 0 Å².